The van der Waals surface area contributed by atoms with Crippen LogP contribution >= 0.6 is 0 Å². The Morgan fingerprint density at radius 3 is 2.61 bits per heavy atom. The van der Waals surface area contributed by atoms with E-state index in [4.69, 9.17) is 0 Å². The first-order valence-electron chi connectivity index (χ1n) is 6.41. The highest BCUT2D eigenvalue weighted by Gasteiger charge is 2.30. The molecule has 92 valence electrons. The van der Waals surface area contributed by atoms with Gasteiger partial charge in [-0.2, -0.15) is 0 Å². The maximum absolute atomic E-state index is 4.42. The third kappa shape index (κ3) is 2.35. The van der Waals surface area contributed by atoms with E-state index in [2.05, 4.69) is 45.6 Å². The molecular weight excluding hydrogens is 222 g/mol. The average molecular weight is 239 g/mol. The fourth-order valence-electron chi connectivity index (χ4n) is 2.48. The predicted octanol–water partition coefficient (Wildman–Crippen LogP) is 3.14. The first-order valence-corrected chi connectivity index (χ1v) is 6.41. The molecule has 3 nitrogen and oxygen atoms in total. The van der Waals surface area contributed by atoms with Crippen molar-refractivity contribution >= 4 is 5.82 Å². The van der Waals surface area contributed by atoms with Crippen molar-refractivity contribution < 1.29 is 0 Å². The van der Waals surface area contributed by atoms with E-state index in [1.165, 1.54) is 18.4 Å². The van der Waals surface area contributed by atoms with Crippen LogP contribution in [0.15, 0.2) is 42.7 Å². The summed E-state index contributed by atoms with van der Waals surface area (Å²) in [6.07, 6.45) is 5.93. The molecule has 18 heavy (non-hydrogen) atoms. The second kappa shape index (κ2) is 4.77. The van der Waals surface area contributed by atoms with Crippen LogP contribution in [0.3, 0.4) is 0 Å². The molecule has 0 saturated heterocycles. The summed E-state index contributed by atoms with van der Waals surface area (Å²) in [4.78, 5) is 8.57. The highest BCUT2D eigenvalue weighted by Crippen LogP contribution is 2.37. The molecule has 2 aromatic rings. The van der Waals surface area contributed by atoms with Crippen molar-refractivity contribution in [2.24, 2.45) is 0 Å². The highest BCUT2D eigenvalue weighted by molar-refractivity contribution is 5.35. The van der Waals surface area contributed by atoms with Crippen molar-refractivity contribution in [3.8, 4) is 0 Å². The normalized spacial score (nSPS) is 22.3. The van der Waals surface area contributed by atoms with Gasteiger partial charge in [-0.25, -0.2) is 4.98 Å². The van der Waals surface area contributed by atoms with E-state index in [0.29, 0.717) is 12.0 Å². The molecular formula is C15H17N3. The van der Waals surface area contributed by atoms with E-state index in [1.807, 2.05) is 6.92 Å². The van der Waals surface area contributed by atoms with Gasteiger partial charge in [-0.3, -0.25) is 4.98 Å². The Hall–Kier alpha value is -1.90. The van der Waals surface area contributed by atoms with Gasteiger partial charge in [0.1, 0.15) is 5.82 Å². The number of rotatable bonds is 3. The zero-order valence-corrected chi connectivity index (χ0v) is 10.5. The molecule has 1 aliphatic rings. The largest absolute Gasteiger partial charge is 0.366 e. The lowest BCUT2D eigenvalue weighted by Crippen LogP contribution is -2.34. The third-order valence-electron chi connectivity index (χ3n) is 3.52. The number of aryl methyl sites for hydroxylation is 1. The van der Waals surface area contributed by atoms with Crippen molar-refractivity contribution in [3.63, 3.8) is 0 Å². The van der Waals surface area contributed by atoms with Crippen LogP contribution < -0.4 is 5.32 Å². The van der Waals surface area contributed by atoms with Crippen LogP contribution in [0, 0.1) is 6.92 Å². The number of hydrogen-bond donors (Lipinski definition) is 1. The molecule has 0 atom stereocenters. The minimum Gasteiger partial charge on any atom is -0.366 e. The molecule has 1 aromatic carbocycles. The smallest absolute Gasteiger partial charge is 0.145 e. The van der Waals surface area contributed by atoms with E-state index in [-0.39, 0.29) is 0 Å². The van der Waals surface area contributed by atoms with Gasteiger partial charge >= 0.3 is 0 Å². The van der Waals surface area contributed by atoms with Crippen LogP contribution in [0.1, 0.15) is 30.0 Å². The maximum Gasteiger partial charge on any atom is 0.145 e. The van der Waals surface area contributed by atoms with Crippen molar-refractivity contribution in [2.45, 2.75) is 31.7 Å². The van der Waals surface area contributed by atoms with Crippen molar-refractivity contribution in [1.82, 2.24) is 9.97 Å². The van der Waals surface area contributed by atoms with Gasteiger partial charge in [-0.05, 0) is 31.2 Å². The van der Waals surface area contributed by atoms with Gasteiger partial charge in [0, 0.05) is 12.2 Å². The molecule has 0 aliphatic heterocycles. The van der Waals surface area contributed by atoms with E-state index >= 15 is 0 Å². The molecule has 0 amide bonds. The summed E-state index contributed by atoms with van der Waals surface area (Å²) in [5.74, 6) is 1.59. The lowest BCUT2D eigenvalue weighted by molar-refractivity contribution is 0.373. The number of nitrogens with one attached hydrogen (secondary N) is 1. The minimum absolute atomic E-state index is 0.534. The molecule has 1 N–H and O–H groups in total. The van der Waals surface area contributed by atoms with Gasteiger partial charge in [0.15, 0.2) is 0 Å². The van der Waals surface area contributed by atoms with Crippen molar-refractivity contribution in [3.05, 3.63) is 54.0 Å². The molecule has 1 saturated carbocycles. The zero-order chi connectivity index (χ0) is 12.4. The standard InChI is InChI=1S/C15H17N3/c1-11-9-16-10-15(17-11)18-14-7-13(8-14)12-5-3-2-4-6-12/h2-6,9-10,13-14H,7-8H2,1H3,(H,17,18). The topological polar surface area (TPSA) is 37.8 Å². The number of aromatic nitrogens is 2. The Kier molecular flexibility index (Phi) is 2.97. The molecule has 0 radical (unpaired) electrons. The van der Waals surface area contributed by atoms with Gasteiger partial charge < -0.3 is 5.32 Å². The molecule has 1 heterocycles. The van der Waals surface area contributed by atoms with Crippen LogP contribution in [0.4, 0.5) is 5.82 Å². The molecule has 1 fully saturated rings. The summed E-state index contributed by atoms with van der Waals surface area (Å²) in [5, 5.41) is 3.45. The van der Waals surface area contributed by atoms with Crippen LogP contribution in [0.25, 0.3) is 0 Å². The van der Waals surface area contributed by atoms with Crippen molar-refractivity contribution in [2.75, 3.05) is 5.32 Å². The predicted molar refractivity (Wildman–Crippen MR) is 72.6 cm³/mol. The number of anilines is 1. The number of hydrogen-bond acceptors (Lipinski definition) is 3. The Morgan fingerprint density at radius 2 is 1.89 bits per heavy atom. The highest BCUT2D eigenvalue weighted by atomic mass is 15.0. The van der Waals surface area contributed by atoms with Gasteiger partial charge in [0.05, 0.1) is 11.9 Å². The fraction of sp³-hybridized carbons (Fsp3) is 0.333. The van der Waals surface area contributed by atoms with Crippen LogP contribution in [-0.4, -0.2) is 16.0 Å². The second-order valence-electron chi connectivity index (χ2n) is 4.97. The molecule has 1 aromatic heterocycles. The van der Waals surface area contributed by atoms with Crippen LogP contribution in [-0.2, 0) is 0 Å². The molecule has 0 bridgehead atoms. The first-order chi connectivity index (χ1) is 8.81. The van der Waals surface area contributed by atoms with Crippen LogP contribution in [0.2, 0.25) is 0 Å². The Morgan fingerprint density at radius 1 is 1.11 bits per heavy atom. The quantitative estimate of drug-likeness (QED) is 0.894. The summed E-state index contributed by atoms with van der Waals surface area (Å²) >= 11 is 0. The Bertz CT molecular complexity index is 518. The van der Waals surface area contributed by atoms with Crippen LogP contribution in [0.5, 0.6) is 0 Å². The summed E-state index contributed by atoms with van der Waals surface area (Å²) < 4.78 is 0. The molecule has 1 aliphatic carbocycles. The van der Waals surface area contributed by atoms with Gasteiger partial charge in [0.2, 0.25) is 0 Å². The maximum atomic E-state index is 4.42. The zero-order valence-electron chi connectivity index (χ0n) is 10.5. The Balaban J connectivity index is 1.57. The molecule has 0 spiro atoms. The summed E-state index contributed by atoms with van der Waals surface area (Å²) in [5.41, 5.74) is 2.41. The van der Waals surface area contributed by atoms with E-state index in [1.54, 1.807) is 12.4 Å². The second-order valence-corrected chi connectivity index (χ2v) is 4.97. The lowest BCUT2D eigenvalue weighted by Gasteiger charge is -2.36. The lowest BCUT2D eigenvalue weighted by atomic mass is 9.76. The summed E-state index contributed by atoms with van der Waals surface area (Å²) in [7, 11) is 0. The summed E-state index contributed by atoms with van der Waals surface area (Å²) in [6, 6.07) is 11.3. The number of nitrogens with zero attached hydrogens (tertiary/aromatic N) is 2. The molecule has 3 heteroatoms. The van der Waals surface area contributed by atoms with E-state index in [9.17, 15) is 0 Å². The van der Waals surface area contributed by atoms with E-state index < -0.39 is 0 Å². The minimum atomic E-state index is 0.534. The summed E-state index contributed by atoms with van der Waals surface area (Å²) in [6.45, 7) is 1.96. The van der Waals surface area contributed by atoms with E-state index in [0.717, 1.165) is 11.5 Å². The monoisotopic (exact) mass is 239 g/mol. The fourth-order valence-corrected chi connectivity index (χ4v) is 2.48. The number of benzene rings is 1. The van der Waals surface area contributed by atoms with Crippen molar-refractivity contribution in [1.29, 1.82) is 0 Å². The molecule has 3 rings (SSSR count). The Labute approximate surface area is 107 Å². The van der Waals surface area contributed by atoms with Gasteiger partial charge in [-0.1, -0.05) is 30.3 Å². The SMILES string of the molecule is Cc1cncc(NC2CC(c3ccccc3)C2)n1. The first kappa shape index (κ1) is 11.2. The average Bonchev–Trinajstić information content (AvgIpc) is 2.34. The van der Waals surface area contributed by atoms with Gasteiger partial charge in [-0.15, -0.1) is 0 Å². The van der Waals surface area contributed by atoms with Gasteiger partial charge in [0.25, 0.3) is 0 Å². The third-order valence-corrected chi connectivity index (χ3v) is 3.52. The molecule has 0 unspecified atom stereocenters.